The van der Waals surface area contributed by atoms with E-state index in [1.165, 1.54) is 11.1 Å². The maximum absolute atomic E-state index is 14.6. The Kier molecular flexibility index (Phi) is 13.1. The second-order valence-corrected chi connectivity index (χ2v) is 16.9. The number of hydrogen-bond donors (Lipinski definition) is 3. The zero-order chi connectivity index (χ0) is 41.0. The van der Waals surface area contributed by atoms with Crippen LogP contribution < -0.4 is 20.7 Å². The summed E-state index contributed by atoms with van der Waals surface area (Å²) in [5.74, 6) is 0.700. The van der Waals surface area contributed by atoms with E-state index < -0.39 is 29.5 Å². The van der Waals surface area contributed by atoms with Crippen molar-refractivity contribution in [1.82, 2.24) is 40.5 Å². The second-order valence-electron chi connectivity index (χ2n) is 15.7. The molecule has 4 aromatic rings. The van der Waals surface area contributed by atoms with Crippen molar-refractivity contribution in [2.75, 3.05) is 37.7 Å². The normalized spacial score (nSPS) is 22.1. The van der Waals surface area contributed by atoms with Crippen molar-refractivity contribution in [2.24, 2.45) is 7.05 Å². The third-order valence-electron chi connectivity index (χ3n) is 10.9. The van der Waals surface area contributed by atoms with E-state index in [0.29, 0.717) is 48.2 Å². The highest BCUT2D eigenvalue weighted by molar-refractivity contribution is 7.99. The number of aryl methyl sites for hydroxylation is 1. The van der Waals surface area contributed by atoms with Gasteiger partial charge in [0.1, 0.15) is 22.8 Å². The number of carbonyl (C=O) groups is 2. The first-order valence-electron chi connectivity index (χ1n) is 19.8. The van der Waals surface area contributed by atoms with E-state index >= 15 is 0 Å². The van der Waals surface area contributed by atoms with Gasteiger partial charge in [-0.05, 0) is 80.0 Å². The Morgan fingerprint density at radius 2 is 1.59 bits per heavy atom. The summed E-state index contributed by atoms with van der Waals surface area (Å²) in [6, 6.07) is 16.5. The molecule has 0 bridgehead atoms. The average Bonchev–Trinajstić information content (AvgIpc) is 3.59. The van der Waals surface area contributed by atoms with Crippen molar-refractivity contribution < 1.29 is 31.9 Å². The van der Waals surface area contributed by atoms with E-state index in [1.54, 1.807) is 6.07 Å². The highest BCUT2D eigenvalue weighted by Crippen LogP contribution is 2.33. The molecule has 1 saturated carbocycles. The van der Waals surface area contributed by atoms with Crippen LogP contribution in [0.5, 0.6) is 11.6 Å². The van der Waals surface area contributed by atoms with Gasteiger partial charge in [-0.15, -0.1) is 0 Å². The second kappa shape index (κ2) is 18.2. The Bertz CT molecular complexity index is 2070. The van der Waals surface area contributed by atoms with Crippen molar-refractivity contribution in [3.05, 3.63) is 94.7 Å². The first kappa shape index (κ1) is 41.6. The quantitative estimate of drug-likeness (QED) is 0.143. The van der Waals surface area contributed by atoms with E-state index in [1.807, 2.05) is 30.0 Å². The van der Waals surface area contributed by atoms with Gasteiger partial charge in [-0.1, -0.05) is 30.3 Å². The standard InChI is InChI=1S/C42H50F4N8O3S/c1-26-22-54(23-27(2)48-26)24-28-7-12-35(30(17-28)25-53-13-15-58-16-14-53)29-5-4-6-34(18-29)57-41-36(19-31(43)21-47-41)39(55)49-32-8-10-33(11-9-32)50-40(56)37-20-38(42(44,45)46)52(3)51-37/h4-7,12,17-21,26-27,32-33,48H,8-11,13-16,22-25H2,1-3H3,(H,49,55)(H,50,56)/t26-,27?,32?,33?/m0/s1. The van der Waals surface area contributed by atoms with Crippen LogP contribution in [0.3, 0.4) is 0 Å². The SMILES string of the molecule is CC1CN(Cc2ccc(-c3cccc(Oc4ncc(F)cc4C(=O)NC4CCC(NC(=O)c5cc(C(F)(F)F)n(C)n5)CC4)c3)c(CN3CCSCC3)c2)C[C@H](C)N1. The molecular weight excluding hydrogens is 773 g/mol. The number of rotatable bonds is 11. The van der Waals surface area contributed by atoms with Gasteiger partial charge in [0.25, 0.3) is 11.8 Å². The van der Waals surface area contributed by atoms with Gasteiger partial charge < -0.3 is 20.7 Å². The lowest BCUT2D eigenvalue weighted by atomic mass is 9.91. The topological polar surface area (TPSA) is 117 Å². The molecule has 16 heteroatoms. The summed E-state index contributed by atoms with van der Waals surface area (Å²) in [5.41, 5.74) is 3.17. The average molecular weight is 823 g/mol. The Balaban J connectivity index is 1.02. The summed E-state index contributed by atoms with van der Waals surface area (Å²) in [5, 5.41) is 13.0. The lowest BCUT2D eigenvalue weighted by Gasteiger charge is -2.36. The monoisotopic (exact) mass is 822 g/mol. The number of ether oxygens (including phenoxy) is 1. The molecule has 0 radical (unpaired) electrons. The predicted octanol–water partition coefficient (Wildman–Crippen LogP) is 6.63. The Hall–Kier alpha value is -4.51. The van der Waals surface area contributed by atoms with Gasteiger partial charge >= 0.3 is 6.18 Å². The number of carbonyl (C=O) groups excluding carboxylic acids is 2. The lowest BCUT2D eigenvalue weighted by molar-refractivity contribution is -0.143. The number of amides is 2. The smallest absolute Gasteiger partial charge is 0.433 e. The molecule has 3 N–H and O–H groups in total. The molecule has 1 aliphatic carbocycles. The maximum atomic E-state index is 14.6. The number of alkyl halides is 3. The van der Waals surface area contributed by atoms with Crippen molar-refractivity contribution in [1.29, 1.82) is 0 Å². The largest absolute Gasteiger partial charge is 0.438 e. The minimum Gasteiger partial charge on any atom is -0.438 e. The molecule has 2 aromatic carbocycles. The van der Waals surface area contributed by atoms with Crippen LogP contribution in [0, 0.1) is 5.82 Å². The summed E-state index contributed by atoms with van der Waals surface area (Å²) in [4.78, 5) is 35.4. The third kappa shape index (κ3) is 10.6. The fraction of sp³-hybridized carbons (Fsp3) is 0.476. The number of hydrogen-bond acceptors (Lipinski definition) is 9. The Morgan fingerprint density at radius 1 is 0.897 bits per heavy atom. The predicted molar refractivity (Wildman–Crippen MR) is 215 cm³/mol. The van der Waals surface area contributed by atoms with Crippen LogP contribution in [-0.4, -0.2) is 98.2 Å². The van der Waals surface area contributed by atoms with E-state index in [-0.39, 0.29) is 29.2 Å². The Morgan fingerprint density at radius 3 is 2.26 bits per heavy atom. The van der Waals surface area contributed by atoms with E-state index in [2.05, 4.69) is 67.9 Å². The molecule has 7 rings (SSSR count). The molecule has 2 amide bonds. The van der Waals surface area contributed by atoms with E-state index in [4.69, 9.17) is 4.74 Å². The van der Waals surface area contributed by atoms with Gasteiger partial charge in [0.2, 0.25) is 5.88 Å². The highest BCUT2D eigenvalue weighted by Gasteiger charge is 2.36. The number of benzene rings is 2. The zero-order valence-corrected chi connectivity index (χ0v) is 33.8. The molecule has 2 aliphatic heterocycles. The number of nitrogens with zero attached hydrogens (tertiary/aromatic N) is 5. The molecule has 58 heavy (non-hydrogen) atoms. The molecule has 0 spiro atoms. The van der Waals surface area contributed by atoms with Crippen molar-refractivity contribution in [3.8, 4) is 22.8 Å². The van der Waals surface area contributed by atoms with Gasteiger partial charge in [-0.3, -0.25) is 24.1 Å². The van der Waals surface area contributed by atoms with Crippen molar-refractivity contribution >= 4 is 23.6 Å². The van der Waals surface area contributed by atoms with Crippen LogP contribution in [0.2, 0.25) is 0 Å². The van der Waals surface area contributed by atoms with E-state index in [0.717, 1.165) is 87.3 Å². The number of aromatic nitrogens is 3. The molecular formula is C42H50F4N8O3S. The summed E-state index contributed by atoms with van der Waals surface area (Å²) < 4.78 is 61.0. The summed E-state index contributed by atoms with van der Waals surface area (Å²) in [6.45, 7) is 10.2. The fourth-order valence-corrected chi connectivity index (χ4v) is 9.22. The minimum atomic E-state index is -4.63. The molecule has 4 heterocycles. The fourth-order valence-electron chi connectivity index (χ4n) is 8.24. The van der Waals surface area contributed by atoms with Gasteiger partial charge in [-0.25, -0.2) is 9.37 Å². The van der Waals surface area contributed by atoms with Crippen LogP contribution >= 0.6 is 11.8 Å². The molecule has 11 nitrogen and oxygen atoms in total. The third-order valence-corrected chi connectivity index (χ3v) is 11.9. The molecule has 3 aliphatic rings. The first-order valence-corrected chi connectivity index (χ1v) is 21.0. The van der Waals surface area contributed by atoms with Crippen LogP contribution in [0.15, 0.2) is 60.8 Å². The van der Waals surface area contributed by atoms with Crippen molar-refractivity contribution in [3.63, 3.8) is 0 Å². The summed E-state index contributed by atoms with van der Waals surface area (Å²) in [6.07, 6.45) is -1.70. The van der Waals surface area contributed by atoms with Gasteiger partial charge in [0.15, 0.2) is 5.69 Å². The number of halogens is 4. The summed E-state index contributed by atoms with van der Waals surface area (Å²) >= 11 is 1.98. The minimum absolute atomic E-state index is 0.0357. The van der Waals surface area contributed by atoms with Crippen LogP contribution in [0.1, 0.15) is 77.2 Å². The van der Waals surface area contributed by atoms with Gasteiger partial charge in [0, 0.05) is 88.1 Å². The molecule has 3 fully saturated rings. The molecule has 2 atom stereocenters. The van der Waals surface area contributed by atoms with Crippen molar-refractivity contribution in [2.45, 2.75) is 83.0 Å². The number of pyridine rings is 1. The molecule has 2 saturated heterocycles. The van der Waals surface area contributed by atoms with Crippen LogP contribution in [-0.2, 0) is 26.3 Å². The summed E-state index contributed by atoms with van der Waals surface area (Å²) in [7, 11) is 1.14. The van der Waals surface area contributed by atoms with Gasteiger partial charge in [-0.2, -0.15) is 30.0 Å². The van der Waals surface area contributed by atoms with E-state index in [9.17, 15) is 27.2 Å². The lowest BCUT2D eigenvalue weighted by Crippen LogP contribution is -2.53. The first-order chi connectivity index (χ1) is 27.8. The molecule has 2 aromatic heterocycles. The van der Waals surface area contributed by atoms with Crippen LogP contribution in [0.25, 0.3) is 11.1 Å². The maximum Gasteiger partial charge on any atom is 0.433 e. The molecule has 310 valence electrons. The number of piperazine rings is 1. The number of thioether (sulfide) groups is 1. The highest BCUT2D eigenvalue weighted by atomic mass is 32.2. The zero-order valence-electron chi connectivity index (χ0n) is 32.9. The van der Waals surface area contributed by atoms with Crippen LogP contribution in [0.4, 0.5) is 17.6 Å². The number of nitrogens with one attached hydrogen (secondary N) is 3. The molecule has 1 unspecified atom stereocenters. The Labute approximate surface area is 340 Å². The van der Waals surface area contributed by atoms with Gasteiger partial charge in [0.05, 0.1) is 6.20 Å².